The Balaban J connectivity index is 1.66. The lowest BCUT2D eigenvalue weighted by Crippen LogP contribution is -2.42. The number of benzene rings is 1. The molecule has 0 saturated carbocycles. The third-order valence-corrected chi connectivity index (χ3v) is 4.87. The number of ether oxygens (including phenoxy) is 1. The Hall–Kier alpha value is -2.73. The van der Waals surface area contributed by atoms with E-state index >= 15 is 0 Å². The Bertz CT molecular complexity index is 921. The van der Waals surface area contributed by atoms with Crippen LogP contribution >= 0.6 is 0 Å². The summed E-state index contributed by atoms with van der Waals surface area (Å²) in [5, 5.41) is 1.03. The SMILES string of the molecule is CCOCC1CCn2cncc2CN1C(=O)c1ccc2ccccc2n1. The van der Waals surface area contributed by atoms with Gasteiger partial charge in [-0.05, 0) is 25.5 Å². The van der Waals surface area contributed by atoms with E-state index in [9.17, 15) is 4.79 Å². The van der Waals surface area contributed by atoms with E-state index in [0.29, 0.717) is 25.5 Å². The van der Waals surface area contributed by atoms with Crippen LogP contribution in [0.25, 0.3) is 10.9 Å². The standard InChI is InChI=1S/C20H22N4O2/c1-2-26-13-16-9-10-23-14-21-11-17(23)12-24(16)20(25)19-8-7-15-5-3-4-6-18(15)22-19/h3-8,11,14,16H,2,9-10,12-13H2,1H3. The molecular formula is C20H22N4O2. The van der Waals surface area contributed by atoms with Gasteiger partial charge >= 0.3 is 0 Å². The Kier molecular flexibility index (Phi) is 4.67. The van der Waals surface area contributed by atoms with Crippen LogP contribution in [-0.2, 0) is 17.8 Å². The van der Waals surface area contributed by atoms with Crippen LogP contribution in [0.3, 0.4) is 0 Å². The summed E-state index contributed by atoms with van der Waals surface area (Å²) in [5.41, 5.74) is 2.34. The first-order valence-corrected chi connectivity index (χ1v) is 9.00. The lowest BCUT2D eigenvalue weighted by Gasteiger charge is -2.29. The van der Waals surface area contributed by atoms with Crippen LogP contribution in [0.1, 0.15) is 29.5 Å². The highest BCUT2D eigenvalue weighted by Gasteiger charge is 2.29. The maximum absolute atomic E-state index is 13.3. The van der Waals surface area contributed by atoms with Gasteiger partial charge in [-0.25, -0.2) is 9.97 Å². The first-order valence-electron chi connectivity index (χ1n) is 9.00. The van der Waals surface area contributed by atoms with Crippen molar-refractivity contribution in [1.82, 2.24) is 19.4 Å². The number of para-hydroxylation sites is 1. The predicted molar refractivity (Wildman–Crippen MR) is 98.7 cm³/mol. The van der Waals surface area contributed by atoms with E-state index in [1.165, 1.54) is 0 Å². The summed E-state index contributed by atoms with van der Waals surface area (Å²) in [6, 6.07) is 11.6. The minimum atomic E-state index is -0.0601. The molecule has 1 aliphatic rings. The number of rotatable bonds is 4. The summed E-state index contributed by atoms with van der Waals surface area (Å²) in [7, 11) is 0. The van der Waals surface area contributed by atoms with Gasteiger partial charge in [-0.3, -0.25) is 4.79 Å². The zero-order valence-corrected chi connectivity index (χ0v) is 14.8. The molecule has 3 heterocycles. The minimum absolute atomic E-state index is 0.0237. The molecular weight excluding hydrogens is 328 g/mol. The Morgan fingerprint density at radius 1 is 1.27 bits per heavy atom. The molecule has 4 rings (SSSR count). The van der Waals surface area contributed by atoms with Gasteiger partial charge in [0.05, 0.1) is 36.7 Å². The summed E-state index contributed by atoms with van der Waals surface area (Å²) < 4.78 is 7.76. The van der Waals surface area contributed by atoms with Crippen molar-refractivity contribution in [1.29, 1.82) is 0 Å². The number of fused-ring (bicyclic) bond motifs is 2. The second-order valence-corrected chi connectivity index (χ2v) is 6.50. The highest BCUT2D eigenvalue weighted by molar-refractivity contribution is 5.95. The number of carbonyl (C=O) groups is 1. The molecule has 0 spiro atoms. The number of nitrogens with zero attached hydrogens (tertiary/aromatic N) is 4. The average molecular weight is 350 g/mol. The largest absolute Gasteiger partial charge is 0.380 e. The van der Waals surface area contributed by atoms with Crippen molar-refractivity contribution < 1.29 is 9.53 Å². The van der Waals surface area contributed by atoms with Crippen LogP contribution in [0.4, 0.5) is 0 Å². The summed E-state index contributed by atoms with van der Waals surface area (Å²) in [6.45, 7) is 4.50. The number of carbonyl (C=O) groups excluding carboxylic acids is 1. The molecule has 1 aromatic carbocycles. The molecule has 0 radical (unpaired) electrons. The number of aromatic nitrogens is 3. The van der Waals surface area contributed by atoms with Crippen molar-refractivity contribution in [3.8, 4) is 0 Å². The molecule has 0 fully saturated rings. The Labute approximate surface area is 152 Å². The van der Waals surface area contributed by atoms with Gasteiger partial charge in [0.25, 0.3) is 5.91 Å². The van der Waals surface area contributed by atoms with Gasteiger partial charge in [-0.2, -0.15) is 0 Å². The monoisotopic (exact) mass is 350 g/mol. The summed E-state index contributed by atoms with van der Waals surface area (Å²) in [6.07, 6.45) is 4.50. The first-order chi connectivity index (χ1) is 12.8. The fraction of sp³-hybridized carbons (Fsp3) is 0.350. The molecule has 0 bridgehead atoms. The van der Waals surface area contributed by atoms with E-state index in [1.54, 1.807) is 0 Å². The Morgan fingerprint density at radius 2 is 2.15 bits per heavy atom. The summed E-state index contributed by atoms with van der Waals surface area (Å²) in [4.78, 5) is 24.0. The van der Waals surface area contributed by atoms with E-state index in [4.69, 9.17) is 4.74 Å². The fourth-order valence-corrected chi connectivity index (χ4v) is 3.43. The molecule has 1 amide bonds. The molecule has 1 atom stereocenters. The molecule has 3 aromatic rings. The van der Waals surface area contributed by atoms with Crippen LogP contribution in [-0.4, -0.2) is 44.6 Å². The quantitative estimate of drug-likeness (QED) is 0.726. The molecule has 0 aliphatic carbocycles. The fourth-order valence-electron chi connectivity index (χ4n) is 3.43. The highest BCUT2D eigenvalue weighted by atomic mass is 16.5. The number of hydrogen-bond donors (Lipinski definition) is 0. The molecule has 0 N–H and O–H groups in total. The smallest absolute Gasteiger partial charge is 0.273 e. The average Bonchev–Trinajstić information content (AvgIpc) is 3.05. The predicted octanol–water partition coefficient (Wildman–Crippen LogP) is 2.88. The van der Waals surface area contributed by atoms with Gasteiger partial charge in [-0.1, -0.05) is 24.3 Å². The van der Waals surface area contributed by atoms with E-state index < -0.39 is 0 Å². The number of hydrogen-bond acceptors (Lipinski definition) is 4. The van der Waals surface area contributed by atoms with Crippen molar-refractivity contribution >= 4 is 16.8 Å². The van der Waals surface area contributed by atoms with Crippen LogP contribution in [0.5, 0.6) is 0 Å². The van der Waals surface area contributed by atoms with Gasteiger partial charge in [0, 0.05) is 24.7 Å². The van der Waals surface area contributed by atoms with E-state index in [0.717, 1.165) is 29.6 Å². The summed E-state index contributed by atoms with van der Waals surface area (Å²) >= 11 is 0. The molecule has 6 nitrogen and oxygen atoms in total. The van der Waals surface area contributed by atoms with E-state index in [1.807, 2.05) is 60.7 Å². The van der Waals surface area contributed by atoms with Gasteiger partial charge in [0.2, 0.25) is 0 Å². The van der Waals surface area contributed by atoms with Crippen molar-refractivity contribution in [3.05, 3.63) is 60.3 Å². The van der Waals surface area contributed by atoms with Crippen LogP contribution < -0.4 is 0 Å². The van der Waals surface area contributed by atoms with Crippen LogP contribution in [0.15, 0.2) is 48.9 Å². The zero-order valence-electron chi connectivity index (χ0n) is 14.8. The lowest BCUT2D eigenvalue weighted by atomic mass is 10.1. The number of pyridine rings is 1. The lowest BCUT2D eigenvalue weighted by molar-refractivity contribution is 0.0418. The number of aryl methyl sites for hydroxylation is 1. The van der Waals surface area contributed by atoms with Crippen LogP contribution in [0.2, 0.25) is 0 Å². The number of amides is 1. The van der Waals surface area contributed by atoms with Crippen LogP contribution in [0, 0.1) is 0 Å². The molecule has 0 saturated heterocycles. The third kappa shape index (κ3) is 3.20. The van der Waals surface area contributed by atoms with Crippen molar-refractivity contribution in [2.75, 3.05) is 13.2 Å². The second kappa shape index (κ2) is 7.25. The van der Waals surface area contributed by atoms with Gasteiger partial charge in [-0.15, -0.1) is 0 Å². The minimum Gasteiger partial charge on any atom is -0.380 e. The molecule has 6 heteroatoms. The summed E-state index contributed by atoms with van der Waals surface area (Å²) in [5.74, 6) is -0.0601. The third-order valence-electron chi connectivity index (χ3n) is 4.87. The van der Waals surface area contributed by atoms with Gasteiger partial charge in [0.1, 0.15) is 5.69 Å². The maximum atomic E-state index is 13.3. The van der Waals surface area contributed by atoms with Crippen molar-refractivity contribution in [2.24, 2.45) is 0 Å². The van der Waals surface area contributed by atoms with E-state index in [2.05, 4.69) is 14.5 Å². The molecule has 2 aromatic heterocycles. The Morgan fingerprint density at radius 3 is 3.04 bits per heavy atom. The number of imidazole rings is 1. The highest BCUT2D eigenvalue weighted by Crippen LogP contribution is 2.21. The van der Waals surface area contributed by atoms with E-state index in [-0.39, 0.29) is 11.9 Å². The topological polar surface area (TPSA) is 60.2 Å². The molecule has 1 aliphatic heterocycles. The molecule has 26 heavy (non-hydrogen) atoms. The first kappa shape index (κ1) is 16.7. The maximum Gasteiger partial charge on any atom is 0.273 e. The second-order valence-electron chi connectivity index (χ2n) is 6.50. The zero-order chi connectivity index (χ0) is 17.9. The van der Waals surface area contributed by atoms with Crippen molar-refractivity contribution in [2.45, 2.75) is 32.5 Å². The molecule has 1 unspecified atom stereocenters. The van der Waals surface area contributed by atoms with Crippen molar-refractivity contribution in [3.63, 3.8) is 0 Å². The van der Waals surface area contributed by atoms with Gasteiger partial charge in [0.15, 0.2) is 0 Å². The molecule has 134 valence electrons. The normalized spacial score (nSPS) is 17.1. The van der Waals surface area contributed by atoms with Gasteiger partial charge < -0.3 is 14.2 Å².